The summed E-state index contributed by atoms with van der Waals surface area (Å²) in [4.78, 5) is 42.8. The predicted octanol–water partition coefficient (Wildman–Crippen LogP) is -12.0. The maximum Gasteiger partial charge on any atom is 1.00 e. The van der Waals surface area contributed by atoms with Gasteiger partial charge >= 0.3 is 71.1 Å². The molecule has 0 fully saturated rings. The van der Waals surface area contributed by atoms with Crippen molar-refractivity contribution in [1.29, 1.82) is 0 Å². The summed E-state index contributed by atoms with van der Waals surface area (Å²) in [5.74, 6) is -6.70. The van der Waals surface area contributed by atoms with Gasteiger partial charge in [-0.15, -0.1) is 0 Å². The monoisotopic (exact) mass is 372 g/mol. The second-order valence-corrected chi connectivity index (χ2v) is 4.55. The Morgan fingerprint density at radius 1 is 0.708 bits per heavy atom. The first-order valence-electron chi connectivity index (χ1n) is 5.33. The molecule has 130 valence electrons. The van der Waals surface area contributed by atoms with Gasteiger partial charge in [-0.2, -0.15) is 0 Å². The fourth-order valence-corrected chi connectivity index (χ4v) is 1.88. The van der Waals surface area contributed by atoms with E-state index in [1.165, 1.54) is 0 Å². The Kier molecular flexibility index (Phi) is 20.3. The summed E-state index contributed by atoms with van der Waals surface area (Å²) >= 11 is 0. The van der Waals surface area contributed by atoms with Crippen molar-refractivity contribution in [3.05, 3.63) is 0 Å². The summed E-state index contributed by atoms with van der Waals surface area (Å²) in [6.45, 7) is 0. The third kappa shape index (κ3) is 11.3. The van der Waals surface area contributed by atoms with Crippen molar-refractivity contribution >= 4 is 23.9 Å². The molecule has 0 aliphatic rings. The van der Waals surface area contributed by atoms with Gasteiger partial charge in [0.2, 0.25) is 0 Å². The zero-order valence-corrected chi connectivity index (χ0v) is 17.3. The van der Waals surface area contributed by atoms with Crippen LogP contribution in [0.4, 0.5) is 0 Å². The summed E-state index contributed by atoms with van der Waals surface area (Å²) in [5, 5.41) is 38.8. The predicted molar refractivity (Wildman–Crippen MR) is 64.8 cm³/mol. The molecule has 0 saturated carbocycles. The fourth-order valence-electron chi connectivity index (χ4n) is 1.88. The van der Waals surface area contributed by atoms with Gasteiger partial charge in [0, 0.05) is 30.3 Å². The van der Waals surface area contributed by atoms with Crippen LogP contribution in [-0.2, 0) is 19.2 Å². The Hall–Kier alpha value is -0.280. The van der Waals surface area contributed by atoms with Crippen molar-refractivity contribution in [3.63, 3.8) is 0 Å². The quantitative estimate of drug-likeness (QED) is 0.277. The van der Waals surface area contributed by atoms with Crippen LogP contribution in [0, 0.1) is 0 Å². The Labute approximate surface area is 180 Å². The van der Waals surface area contributed by atoms with Crippen molar-refractivity contribution in [3.8, 4) is 0 Å². The topological polar surface area (TPSA) is 270 Å². The molecule has 12 nitrogen and oxygen atoms in total. The molecule has 0 radical (unpaired) electrons. The van der Waals surface area contributed by atoms with Gasteiger partial charge in [0.15, 0.2) is 0 Å². The molecule has 24 heavy (non-hydrogen) atoms. The van der Waals surface area contributed by atoms with Crippen molar-refractivity contribution in [1.82, 2.24) is 0 Å². The molecule has 0 atom stereocenters. The second-order valence-electron chi connectivity index (χ2n) is 4.55. The maximum atomic E-state index is 10.8. The van der Waals surface area contributed by atoms with E-state index in [1.807, 2.05) is 0 Å². The van der Waals surface area contributed by atoms with E-state index in [4.69, 9.17) is 21.7 Å². The molecule has 0 aromatic rings. The summed E-state index contributed by atoms with van der Waals surface area (Å²) in [6.07, 6.45) is -4.32. The van der Waals surface area contributed by atoms with E-state index < -0.39 is 60.6 Å². The number of carboxylic acid groups (broad SMARTS) is 4. The molecule has 0 rings (SSSR count). The Morgan fingerprint density at radius 2 is 0.917 bits per heavy atom. The summed E-state index contributed by atoms with van der Waals surface area (Å²) < 4.78 is 0. The number of carbonyl (C=O) groups excluding carboxylic acids is 2. The maximum absolute atomic E-state index is 10.8. The average molecular weight is 372 g/mol. The molecule has 0 aliphatic heterocycles. The van der Waals surface area contributed by atoms with E-state index in [0.29, 0.717) is 0 Å². The van der Waals surface area contributed by atoms with Gasteiger partial charge < -0.3 is 52.4 Å². The third-order valence-corrected chi connectivity index (χ3v) is 2.84. The number of rotatable bonds is 9. The number of hydrogen-bond donors (Lipinski definition) is 4. The molecule has 0 unspecified atom stereocenters. The van der Waals surface area contributed by atoms with Gasteiger partial charge in [-0.05, 0) is 0 Å². The van der Waals surface area contributed by atoms with Gasteiger partial charge in [0.05, 0.1) is 18.4 Å². The van der Waals surface area contributed by atoms with Crippen LogP contribution < -0.4 is 80.8 Å². The van der Waals surface area contributed by atoms with Crippen molar-refractivity contribution < 1.29 is 110 Å². The number of nitrogens with two attached hydrogens (primary N) is 2. The van der Waals surface area contributed by atoms with E-state index in [9.17, 15) is 29.4 Å². The summed E-state index contributed by atoms with van der Waals surface area (Å²) in [6, 6.07) is 0. The Bertz CT molecular complexity index is 373. The van der Waals surface area contributed by atoms with Gasteiger partial charge in [0.25, 0.3) is 0 Å². The Morgan fingerprint density at radius 3 is 1.08 bits per heavy atom. The first kappa shape index (κ1) is 34.9. The standard InChI is InChI=1S/C10H16N2O8.2Na.2H2O/c11-9(1-5(13)14,2-6(15)16)10(12,3-7(17)18)4-8(19)20;;;;/h1-4,11-12H2,(H,13,14)(H,15,16)(H,17,18)(H,19,20);;;2*1H2/q;2*+1;;/p-2. The van der Waals surface area contributed by atoms with Gasteiger partial charge in [-0.1, -0.05) is 0 Å². The van der Waals surface area contributed by atoms with Crippen LogP contribution in [0.15, 0.2) is 0 Å². The van der Waals surface area contributed by atoms with Crippen LogP contribution >= 0.6 is 0 Å². The van der Waals surface area contributed by atoms with Crippen LogP contribution in [0.2, 0.25) is 0 Å². The van der Waals surface area contributed by atoms with E-state index in [2.05, 4.69) is 0 Å². The first-order chi connectivity index (χ1) is 8.92. The van der Waals surface area contributed by atoms with Crippen LogP contribution in [0.5, 0.6) is 0 Å². The minimum atomic E-state index is -2.35. The molecule has 0 amide bonds. The summed E-state index contributed by atoms with van der Waals surface area (Å²) in [7, 11) is 0. The van der Waals surface area contributed by atoms with Crippen molar-refractivity contribution in [2.45, 2.75) is 36.8 Å². The van der Waals surface area contributed by atoms with Crippen LogP contribution in [0.1, 0.15) is 25.7 Å². The van der Waals surface area contributed by atoms with Crippen molar-refractivity contribution in [2.24, 2.45) is 11.5 Å². The Balaban J connectivity index is -0.000000301. The van der Waals surface area contributed by atoms with Gasteiger partial charge in [-0.3, -0.25) is 9.59 Å². The fraction of sp³-hybridized carbons (Fsp3) is 0.600. The van der Waals surface area contributed by atoms with E-state index >= 15 is 0 Å². The van der Waals surface area contributed by atoms with Crippen LogP contribution in [0.25, 0.3) is 0 Å². The minimum Gasteiger partial charge on any atom is -0.550 e. The zero-order chi connectivity index (χ0) is 16.1. The molecule has 0 heterocycles. The number of hydrogen-bond acceptors (Lipinski definition) is 8. The van der Waals surface area contributed by atoms with Crippen LogP contribution in [-0.4, -0.2) is 56.1 Å². The number of aliphatic carboxylic acids is 4. The van der Waals surface area contributed by atoms with Crippen LogP contribution in [0.3, 0.4) is 0 Å². The molecule has 0 bridgehead atoms. The molecular formula is C10H18N2Na2O10. The van der Waals surface area contributed by atoms with E-state index in [1.54, 1.807) is 0 Å². The van der Waals surface area contributed by atoms with Gasteiger partial charge in [0.1, 0.15) is 0 Å². The van der Waals surface area contributed by atoms with Crippen molar-refractivity contribution in [2.75, 3.05) is 0 Å². The van der Waals surface area contributed by atoms with E-state index in [0.717, 1.165) is 0 Å². The second kappa shape index (κ2) is 13.9. The normalized spacial score (nSPS) is 9.92. The molecule has 14 heteroatoms. The number of carbonyl (C=O) groups is 4. The molecule has 0 spiro atoms. The smallest absolute Gasteiger partial charge is 0.550 e. The third-order valence-electron chi connectivity index (χ3n) is 2.84. The molecule has 0 aliphatic carbocycles. The SMILES string of the molecule is NC(CC(=O)[O-])(CC(=O)[O-])C(N)(CC(=O)O)CC(=O)O.O.O.[Na+].[Na+]. The first-order valence-corrected chi connectivity index (χ1v) is 5.33. The zero-order valence-electron chi connectivity index (χ0n) is 13.3. The summed E-state index contributed by atoms with van der Waals surface area (Å²) in [5.41, 5.74) is 6.54. The molecule has 0 saturated heterocycles. The minimum absolute atomic E-state index is 0. The molecule has 10 N–H and O–H groups in total. The largest absolute Gasteiger partial charge is 1.00 e. The number of carboxylic acids is 4. The van der Waals surface area contributed by atoms with E-state index in [-0.39, 0.29) is 70.1 Å². The average Bonchev–Trinajstić information content (AvgIpc) is 2.10. The molecule has 0 aromatic carbocycles. The van der Waals surface area contributed by atoms with Gasteiger partial charge in [-0.25, -0.2) is 0 Å². The molecule has 0 aromatic heterocycles. The molecular weight excluding hydrogens is 354 g/mol.